The van der Waals surface area contributed by atoms with Crippen molar-refractivity contribution in [2.75, 3.05) is 33.8 Å². The lowest BCUT2D eigenvalue weighted by molar-refractivity contribution is 0.261. The molecule has 2 aromatic rings. The predicted octanol–water partition coefficient (Wildman–Crippen LogP) is 3.87. The molecule has 0 unspecified atom stereocenters. The van der Waals surface area contributed by atoms with Gasteiger partial charge in [-0.25, -0.2) is 4.99 Å². The number of benzene rings is 1. The second kappa shape index (κ2) is 13.0. The fraction of sp³-hybridized carbons (Fsp3) is 0.450. The van der Waals surface area contributed by atoms with E-state index in [0.29, 0.717) is 13.2 Å². The molecule has 2 N–H and O–H groups in total. The molecule has 1 aromatic carbocycles. The average Bonchev–Trinajstić information content (AvgIpc) is 3.02. The van der Waals surface area contributed by atoms with Crippen molar-refractivity contribution in [3.63, 3.8) is 0 Å². The first-order valence-electron chi connectivity index (χ1n) is 9.00. The number of guanidine groups is 1. The Hall–Kier alpha value is -1.32. The molecule has 0 radical (unpaired) electrons. The summed E-state index contributed by atoms with van der Waals surface area (Å²) in [6.45, 7) is 8.05. The standard InChI is InChI=1S/C20H30N4OS.HI/c1-5-21-20(23-15-19-16(2)9-12-26-19)22-14-17-7-6-8-18(13-17)25-11-10-24(3)4;/h6-9,12-13H,5,10-11,14-15H2,1-4H3,(H2,21,22,23);1H. The normalized spacial score (nSPS) is 11.2. The number of rotatable bonds is 9. The van der Waals surface area contributed by atoms with Crippen LogP contribution < -0.4 is 15.4 Å². The molecule has 0 aliphatic carbocycles. The van der Waals surface area contributed by atoms with E-state index >= 15 is 0 Å². The van der Waals surface area contributed by atoms with Gasteiger partial charge in [-0.2, -0.15) is 0 Å². The van der Waals surface area contributed by atoms with Crippen LogP contribution >= 0.6 is 35.3 Å². The van der Waals surface area contributed by atoms with Crippen LogP contribution in [0.4, 0.5) is 0 Å². The van der Waals surface area contributed by atoms with Gasteiger partial charge in [-0.3, -0.25) is 0 Å². The Morgan fingerprint density at radius 3 is 2.70 bits per heavy atom. The van der Waals surface area contributed by atoms with Crippen LogP contribution in [-0.2, 0) is 13.1 Å². The summed E-state index contributed by atoms with van der Waals surface area (Å²) in [6, 6.07) is 10.3. The first kappa shape index (κ1) is 23.7. The van der Waals surface area contributed by atoms with E-state index in [1.807, 2.05) is 26.2 Å². The SMILES string of the molecule is CCNC(=NCc1cccc(OCCN(C)C)c1)NCc1sccc1C.I. The van der Waals surface area contributed by atoms with E-state index < -0.39 is 0 Å². The zero-order chi connectivity index (χ0) is 18.8. The molecule has 1 aromatic heterocycles. The minimum atomic E-state index is 0. The van der Waals surface area contributed by atoms with Crippen molar-refractivity contribution in [3.8, 4) is 5.75 Å². The monoisotopic (exact) mass is 502 g/mol. The van der Waals surface area contributed by atoms with Crippen LogP contribution in [-0.4, -0.2) is 44.7 Å². The Morgan fingerprint density at radius 2 is 2.04 bits per heavy atom. The Balaban J connectivity index is 0.00000364. The molecule has 0 atom stereocenters. The predicted molar refractivity (Wildman–Crippen MR) is 127 cm³/mol. The first-order chi connectivity index (χ1) is 12.6. The van der Waals surface area contributed by atoms with Crippen LogP contribution in [0.15, 0.2) is 40.7 Å². The van der Waals surface area contributed by atoms with Crippen LogP contribution in [0.5, 0.6) is 5.75 Å². The van der Waals surface area contributed by atoms with Gasteiger partial charge in [-0.05, 0) is 62.6 Å². The van der Waals surface area contributed by atoms with Crippen LogP contribution in [0.25, 0.3) is 0 Å². The summed E-state index contributed by atoms with van der Waals surface area (Å²) in [4.78, 5) is 8.15. The van der Waals surface area contributed by atoms with Gasteiger partial charge < -0.3 is 20.3 Å². The molecule has 150 valence electrons. The lowest BCUT2D eigenvalue weighted by Gasteiger charge is -2.12. The number of thiophene rings is 1. The van der Waals surface area contributed by atoms with Crippen molar-refractivity contribution in [3.05, 3.63) is 51.7 Å². The summed E-state index contributed by atoms with van der Waals surface area (Å²) in [6.07, 6.45) is 0. The van der Waals surface area contributed by atoms with E-state index in [2.05, 4.69) is 53.0 Å². The highest BCUT2D eigenvalue weighted by Crippen LogP contribution is 2.15. The van der Waals surface area contributed by atoms with E-state index in [4.69, 9.17) is 9.73 Å². The highest BCUT2D eigenvalue weighted by molar-refractivity contribution is 14.0. The number of hydrogen-bond donors (Lipinski definition) is 2. The Bertz CT molecular complexity index is 703. The van der Waals surface area contributed by atoms with Gasteiger partial charge in [0.25, 0.3) is 0 Å². The van der Waals surface area contributed by atoms with E-state index in [1.165, 1.54) is 10.4 Å². The Labute approximate surface area is 184 Å². The summed E-state index contributed by atoms with van der Waals surface area (Å²) in [5, 5.41) is 8.83. The molecule has 0 aliphatic rings. The molecule has 7 heteroatoms. The molecule has 0 aliphatic heterocycles. The van der Waals surface area contributed by atoms with Crippen LogP contribution in [0.1, 0.15) is 22.9 Å². The van der Waals surface area contributed by atoms with Gasteiger partial charge in [0, 0.05) is 18.0 Å². The Morgan fingerprint density at radius 1 is 1.22 bits per heavy atom. The smallest absolute Gasteiger partial charge is 0.191 e. The molecule has 0 fully saturated rings. The van der Waals surface area contributed by atoms with Crippen molar-refractivity contribution in [1.29, 1.82) is 0 Å². The molecular formula is C20H31IN4OS. The number of aryl methyl sites for hydroxylation is 1. The van der Waals surface area contributed by atoms with Crippen LogP contribution in [0.3, 0.4) is 0 Å². The van der Waals surface area contributed by atoms with E-state index in [1.54, 1.807) is 11.3 Å². The Kier molecular flexibility index (Phi) is 11.4. The zero-order valence-electron chi connectivity index (χ0n) is 16.6. The van der Waals surface area contributed by atoms with E-state index in [9.17, 15) is 0 Å². The van der Waals surface area contributed by atoms with Crippen LogP contribution in [0, 0.1) is 6.92 Å². The zero-order valence-corrected chi connectivity index (χ0v) is 19.8. The third kappa shape index (κ3) is 8.94. The second-order valence-corrected chi connectivity index (χ2v) is 7.38. The maximum absolute atomic E-state index is 5.80. The third-order valence-corrected chi connectivity index (χ3v) is 4.88. The highest BCUT2D eigenvalue weighted by atomic mass is 127. The van der Waals surface area contributed by atoms with E-state index in [-0.39, 0.29) is 24.0 Å². The van der Waals surface area contributed by atoms with Crippen molar-refractivity contribution in [1.82, 2.24) is 15.5 Å². The molecule has 0 spiro atoms. The number of nitrogens with one attached hydrogen (secondary N) is 2. The molecule has 0 saturated carbocycles. The molecule has 2 rings (SSSR count). The van der Waals surface area contributed by atoms with Gasteiger partial charge in [0.15, 0.2) is 5.96 Å². The summed E-state index contributed by atoms with van der Waals surface area (Å²) >= 11 is 1.77. The average molecular weight is 502 g/mol. The van der Waals surface area contributed by atoms with Gasteiger partial charge in [-0.15, -0.1) is 35.3 Å². The maximum Gasteiger partial charge on any atom is 0.191 e. The summed E-state index contributed by atoms with van der Waals surface area (Å²) in [5.41, 5.74) is 2.46. The second-order valence-electron chi connectivity index (χ2n) is 6.37. The molecule has 0 bridgehead atoms. The molecule has 0 amide bonds. The summed E-state index contributed by atoms with van der Waals surface area (Å²) in [5.74, 6) is 1.73. The largest absolute Gasteiger partial charge is 0.492 e. The lowest BCUT2D eigenvalue weighted by atomic mass is 10.2. The van der Waals surface area contributed by atoms with Crippen molar-refractivity contribution >= 4 is 41.3 Å². The fourth-order valence-electron chi connectivity index (χ4n) is 2.34. The summed E-state index contributed by atoms with van der Waals surface area (Å²) in [7, 11) is 4.09. The minimum absolute atomic E-state index is 0. The number of hydrogen-bond acceptors (Lipinski definition) is 4. The van der Waals surface area contributed by atoms with Gasteiger partial charge >= 0.3 is 0 Å². The van der Waals surface area contributed by atoms with Crippen molar-refractivity contribution in [2.24, 2.45) is 4.99 Å². The molecule has 5 nitrogen and oxygen atoms in total. The fourth-order valence-corrected chi connectivity index (χ4v) is 3.19. The maximum atomic E-state index is 5.80. The van der Waals surface area contributed by atoms with Crippen LogP contribution in [0.2, 0.25) is 0 Å². The third-order valence-electron chi connectivity index (χ3n) is 3.85. The molecular weight excluding hydrogens is 471 g/mol. The van der Waals surface area contributed by atoms with Crippen molar-refractivity contribution in [2.45, 2.75) is 26.9 Å². The number of aliphatic imine (C=N–C) groups is 1. The number of nitrogens with zero attached hydrogens (tertiary/aromatic N) is 2. The first-order valence-corrected chi connectivity index (χ1v) is 9.88. The van der Waals surface area contributed by atoms with Gasteiger partial charge in [0.2, 0.25) is 0 Å². The van der Waals surface area contributed by atoms with Gasteiger partial charge in [0.05, 0.1) is 13.1 Å². The minimum Gasteiger partial charge on any atom is -0.492 e. The summed E-state index contributed by atoms with van der Waals surface area (Å²) < 4.78 is 5.80. The van der Waals surface area contributed by atoms with Gasteiger partial charge in [-0.1, -0.05) is 12.1 Å². The topological polar surface area (TPSA) is 48.9 Å². The molecule has 1 heterocycles. The van der Waals surface area contributed by atoms with E-state index in [0.717, 1.165) is 36.9 Å². The quantitative estimate of drug-likeness (QED) is 0.311. The van der Waals surface area contributed by atoms with Crippen molar-refractivity contribution < 1.29 is 4.74 Å². The number of halogens is 1. The number of ether oxygens (including phenoxy) is 1. The molecule has 0 saturated heterocycles. The van der Waals surface area contributed by atoms with Gasteiger partial charge in [0.1, 0.15) is 12.4 Å². The number of likely N-dealkylation sites (N-methyl/N-ethyl adjacent to an activating group) is 1. The highest BCUT2D eigenvalue weighted by Gasteiger charge is 2.03. The lowest BCUT2D eigenvalue weighted by Crippen LogP contribution is -2.36. The molecule has 27 heavy (non-hydrogen) atoms.